The highest BCUT2D eigenvalue weighted by Crippen LogP contribution is 2.25. The fourth-order valence-electron chi connectivity index (χ4n) is 4.49. The van der Waals surface area contributed by atoms with Crippen LogP contribution in [0.3, 0.4) is 0 Å². The molecule has 1 aliphatic rings. The van der Waals surface area contributed by atoms with E-state index in [2.05, 4.69) is 66.3 Å². The number of halogens is 1. The molecule has 1 saturated heterocycles. The summed E-state index contributed by atoms with van der Waals surface area (Å²) in [4.78, 5) is 23.1. The zero-order chi connectivity index (χ0) is 26.6. The Bertz CT molecular complexity index is 1360. The lowest BCUT2D eigenvalue weighted by atomic mass is 10.1. The van der Waals surface area contributed by atoms with E-state index in [1.165, 1.54) is 24.8 Å². The summed E-state index contributed by atoms with van der Waals surface area (Å²) < 4.78 is 14.5. The highest BCUT2D eigenvalue weighted by molar-refractivity contribution is 5.82. The summed E-state index contributed by atoms with van der Waals surface area (Å²) in [6, 6.07) is 13.8. The molecular formula is C28H36FN9. The summed E-state index contributed by atoms with van der Waals surface area (Å²) in [6.45, 7) is 9.98. The van der Waals surface area contributed by atoms with Crippen molar-refractivity contribution in [3.8, 4) is 0 Å². The second-order valence-corrected chi connectivity index (χ2v) is 10.4. The number of piperazine rings is 1. The number of anilines is 6. The van der Waals surface area contributed by atoms with Crippen molar-refractivity contribution in [2.75, 3.05) is 67.3 Å². The molecule has 0 spiro atoms. The van der Waals surface area contributed by atoms with Gasteiger partial charge in [0, 0.05) is 57.3 Å². The smallest absolute Gasteiger partial charge is 0.229 e. The Hall–Kier alpha value is -3.92. The number of rotatable bonds is 9. The van der Waals surface area contributed by atoms with Gasteiger partial charge in [0.1, 0.15) is 0 Å². The summed E-state index contributed by atoms with van der Waals surface area (Å²) in [5.41, 5.74) is 4.43. The molecular weight excluding hydrogens is 481 g/mol. The van der Waals surface area contributed by atoms with Crippen LogP contribution in [-0.4, -0.2) is 71.7 Å². The first kappa shape index (κ1) is 25.7. The predicted octanol–water partition coefficient (Wildman–Crippen LogP) is 5.21. The highest BCUT2D eigenvalue weighted by atomic mass is 19.1. The number of nitrogens with one attached hydrogen (secondary N) is 3. The van der Waals surface area contributed by atoms with E-state index in [0.29, 0.717) is 11.6 Å². The third-order valence-electron chi connectivity index (χ3n) is 6.78. The van der Waals surface area contributed by atoms with E-state index in [1.807, 2.05) is 49.3 Å². The van der Waals surface area contributed by atoms with E-state index in [0.717, 1.165) is 54.8 Å². The zero-order valence-electron chi connectivity index (χ0n) is 22.5. The molecule has 10 heteroatoms. The van der Waals surface area contributed by atoms with Crippen molar-refractivity contribution in [3.05, 3.63) is 54.5 Å². The van der Waals surface area contributed by atoms with Crippen LogP contribution < -0.4 is 20.4 Å². The Kier molecular flexibility index (Phi) is 7.59. The van der Waals surface area contributed by atoms with Gasteiger partial charge in [0.2, 0.25) is 11.9 Å². The van der Waals surface area contributed by atoms with Crippen LogP contribution >= 0.6 is 0 Å². The van der Waals surface area contributed by atoms with Crippen LogP contribution in [0.25, 0.3) is 11.0 Å². The molecule has 200 valence electrons. The average molecular weight is 518 g/mol. The van der Waals surface area contributed by atoms with E-state index in [4.69, 9.17) is 0 Å². The maximum atomic E-state index is 14.5. The third-order valence-corrected chi connectivity index (χ3v) is 6.78. The van der Waals surface area contributed by atoms with Crippen LogP contribution in [0.15, 0.2) is 48.7 Å². The molecule has 0 amide bonds. The molecule has 9 nitrogen and oxygen atoms in total. The van der Waals surface area contributed by atoms with Gasteiger partial charge in [-0.2, -0.15) is 4.98 Å². The number of hydrogen-bond donors (Lipinski definition) is 3. The fourth-order valence-corrected chi connectivity index (χ4v) is 4.49. The number of hydrogen-bond acceptors (Lipinski definition) is 8. The normalized spacial score (nSPS) is 14.3. The average Bonchev–Trinajstić information content (AvgIpc) is 3.34. The van der Waals surface area contributed by atoms with E-state index < -0.39 is 5.82 Å². The van der Waals surface area contributed by atoms with Crippen LogP contribution in [0.2, 0.25) is 0 Å². The molecule has 0 atom stereocenters. The highest BCUT2D eigenvalue weighted by Gasteiger charge is 2.17. The van der Waals surface area contributed by atoms with Crippen molar-refractivity contribution in [2.24, 2.45) is 5.92 Å². The summed E-state index contributed by atoms with van der Waals surface area (Å²) in [5, 5.41) is 6.25. The van der Waals surface area contributed by atoms with Gasteiger partial charge >= 0.3 is 0 Å². The number of imidazole rings is 1. The molecule has 2 aromatic heterocycles. The minimum absolute atomic E-state index is 0.0983. The van der Waals surface area contributed by atoms with Crippen LogP contribution in [0, 0.1) is 11.7 Å². The van der Waals surface area contributed by atoms with E-state index in [1.54, 1.807) is 0 Å². The molecule has 2 aromatic carbocycles. The van der Waals surface area contributed by atoms with Crippen LogP contribution in [0.4, 0.5) is 39.2 Å². The van der Waals surface area contributed by atoms with Gasteiger partial charge in [0.05, 0.1) is 17.2 Å². The molecule has 1 aliphatic heterocycles. The number of benzene rings is 2. The molecule has 0 bridgehead atoms. The Morgan fingerprint density at radius 1 is 0.974 bits per heavy atom. The second-order valence-electron chi connectivity index (χ2n) is 10.4. The molecule has 0 aliphatic carbocycles. The molecule has 5 rings (SSSR count). The van der Waals surface area contributed by atoms with Crippen molar-refractivity contribution in [1.82, 2.24) is 24.8 Å². The van der Waals surface area contributed by atoms with Crippen molar-refractivity contribution >= 4 is 45.8 Å². The van der Waals surface area contributed by atoms with Crippen molar-refractivity contribution < 1.29 is 4.39 Å². The van der Waals surface area contributed by atoms with E-state index >= 15 is 0 Å². The first-order chi connectivity index (χ1) is 18.3. The largest absolute Gasteiger partial charge is 0.369 e. The monoisotopic (exact) mass is 517 g/mol. The first-order valence-electron chi connectivity index (χ1n) is 13.1. The fraction of sp³-hybridized carbons (Fsp3) is 0.393. The SMILES string of the molecule is CC(C)CCN1CCN(c2ccc(Nc3ncc(F)c(Nc4ccc5nc(N(C)C)[nH]c5c4)n3)cc2)CC1. The van der Waals surface area contributed by atoms with E-state index in [-0.39, 0.29) is 5.82 Å². The topological polar surface area (TPSA) is 88.2 Å². The summed E-state index contributed by atoms with van der Waals surface area (Å²) in [7, 11) is 3.84. The molecule has 1 fully saturated rings. The van der Waals surface area contributed by atoms with Gasteiger partial charge in [0.25, 0.3) is 0 Å². The molecule has 0 radical (unpaired) electrons. The lowest BCUT2D eigenvalue weighted by Gasteiger charge is -2.36. The van der Waals surface area contributed by atoms with Gasteiger partial charge < -0.3 is 25.4 Å². The van der Waals surface area contributed by atoms with Crippen molar-refractivity contribution in [2.45, 2.75) is 20.3 Å². The van der Waals surface area contributed by atoms with Gasteiger partial charge in [-0.25, -0.2) is 14.4 Å². The Labute approximate surface area is 223 Å². The quantitative estimate of drug-likeness (QED) is 0.279. The molecule has 0 saturated carbocycles. The lowest BCUT2D eigenvalue weighted by Crippen LogP contribution is -2.46. The summed E-state index contributed by atoms with van der Waals surface area (Å²) >= 11 is 0. The Morgan fingerprint density at radius 3 is 2.42 bits per heavy atom. The number of nitrogens with zero attached hydrogens (tertiary/aromatic N) is 6. The van der Waals surface area contributed by atoms with E-state index in [9.17, 15) is 4.39 Å². The Morgan fingerprint density at radius 2 is 1.71 bits per heavy atom. The van der Waals surface area contributed by atoms with Crippen LogP contribution in [0.5, 0.6) is 0 Å². The predicted molar refractivity (Wildman–Crippen MR) is 154 cm³/mol. The molecule has 38 heavy (non-hydrogen) atoms. The molecule has 4 aromatic rings. The minimum Gasteiger partial charge on any atom is -0.369 e. The minimum atomic E-state index is -0.530. The first-order valence-corrected chi connectivity index (χ1v) is 13.1. The Balaban J connectivity index is 1.21. The van der Waals surface area contributed by atoms with Gasteiger partial charge in [0.15, 0.2) is 11.6 Å². The molecule has 3 heterocycles. The van der Waals surface area contributed by atoms with Gasteiger partial charge in [-0.3, -0.25) is 4.90 Å². The summed E-state index contributed by atoms with van der Waals surface area (Å²) in [5.74, 6) is 1.39. The van der Waals surface area contributed by atoms with Gasteiger partial charge in [-0.1, -0.05) is 13.8 Å². The maximum Gasteiger partial charge on any atom is 0.229 e. The lowest BCUT2D eigenvalue weighted by molar-refractivity contribution is 0.244. The number of H-pyrrole nitrogens is 1. The molecule has 3 N–H and O–H groups in total. The number of aromatic amines is 1. The van der Waals surface area contributed by atoms with Gasteiger partial charge in [-0.15, -0.1) is 0 Å². The number of aromatic nitrogens is 4. The molecule has 0 unspecified atom stereocenters. The van der Waals surface area contributed by atoms with Crippen LogP contribution in [0.1, 0.15) is 20.3 Å². The standard InChI is InChI=1S/C28H36FN9/c1-19(2)11-12-37-13-15-38(16-14-37)22-8-5-20(6-9-22)32-27-30-18-23(29)26(35-27)31-21-7-10-24-25(17-21)34-28(33-24)36(3)4/h5-10,17-19H,11-16H2,1-4H3,(H,33,34)(H2,30,31,32,35). The maximum absolute atomic E-state index is 14.5. The zero-order valence-corrected chi connectivity index (χ0v) is 22.5. The third kappa shape index (κ3) is 6.13. The van der Waals surface area contributed by atoms with Crippen LogP contribution in [-0.2, 0) is 0 Å². The van der Waals surface area contributed by atoms with Crippen molar-refractivity contribution in [1.29, 1.82) is 0 Å². The number of fused-ring (bicyclic) bond motifs is 1. The second kappa shape index (κ2) is 11.2. The van der Waals surface area contributed by atoms with Crippen molar-refractivity contribution in [3.63, 3.8) is 0 Å². The van der Waals surface area contributed by atoms with Gasteiger partial charge in [-0.05, 0) is 61.3 Å². The summed E-state index contributed by atoms with van der Waals surface area (Å²) in [6.07, 6.45) is 2.42.